The highest BCUT2D eigenvalue weighted by atomic mass is 32.1. The lowest BCUT2D eigenvalue weighted by atomic mass is 10.1. The number of amides is 1. The van der Waals surface area contributed by atoms with Crippen LogP contribution in [0.5, 0.6) is 0 Å². The van der Waals surface area contributed by atoms with Crippen LogP contribution in [0.3, 0.4) is 0 Å². The van der Waals surface area contributed by atoms with Gasteiger partial charge in [0.2, 0.25) is 0 Å². The van der Waals surface area contributed by atoms with Crippen LogP contribution >= 0.6 is 12.2 Å². The van der Waals surface area contributed by atoms with Crippen molar-refractivity contribution in [1.82, 2.24) is 5.32 Å². The summed E-state index contributed by atoms with van der Waals surface area (Å²) in [5.41, 5.74) is 8.05. The van der Waals surface area contributed by atoms with E-state index >= 15 is 0 Å². The van der Waals surface area contributed by atoms with E-state index in [1.807, 2.05) is 26.0 Å². The standard InChI is InChI=1S/C11H14N2OS/c1-7-3-4-9(8(2)5-7)11(14)13-6-10(12)15/h3-5H,6H2,1-2H3,(H2,12,15)(H,13,14). The Hall–Kier alpha value is -1.42. The molecule has 0 saturated heterocycles. The number of hydrogen-bond acceptors (Lipinski definition) is 2. The first-order valence-electron chi connectivity index (χ1n) is 4.64. The summed E-state index contributed by atoms with van der Waals surface area (Å²) in [6.45, 7) is 4.13. The molecule has 3 N–H and O–H groups in total. The molecule has 0 heterocycles. The van der Waals surface area contributed by atoms with E-state index in [1.54, 1.807) is 6.07 Å². The van der Waals surface area contributed by atoms with Crippen molar-refractivity contribution < 1.29 is 4.79 Å². The van der Waals surface area contributed by atoms with Crippen molar-refractivity contribution in [3.05, 3.63) is 34.9 Å². The number of nitrogens with two attached hydrogens (primary N) is 1. The quantitative estimate of drug-likeness (QED) is 0.758. The number of thiocarbonyl (C=S) groups is 1. The second kappa shape index (κ2) is 4.89. The maximum absolute atomic E-state index is 11.7. The van der Waals surface area contributed by atoms with Crippen LogP contribution in [0.4, 0.5) is 0 Å². The van der Waals surface area contributed by atoms with Gasteiger partial charge in [0.1, 0.15) is 0 Å². The van der Waals surface area contributed by atoms with Gasteiger partial charge in [0, 0.05) is 5.56 Å². The molecule has 3 nitrogen and oxygen atoms in total. The fraction of sp³-hybridized carbons (Fsp3) is 0.273. The van der Waals surface area contributed by atoms with E-state index in [2.05, 4.69) is 17.5 Å². The van der Waals surface area contributed by atoms with E-state index in [4.69, 9.17) is 5.73 Å². The highest BCUT2D eigenvalue weighted by Crippen LogP contribution is 2.09. The number of carbonyl (C=O) groups excluding carboxylic acids is 1. The molecular weight excluding hydrogens is 208 g/mol. The Morgan fingerprint density at radius 2 is 2.13 bits per heavy atom. The molecule has 1 amide bonds. The van der Waals surface area contributed by atoms with Crippen LogP contribution in [-0.4, -0.2) is 17.4 Å². The Bertz CT molecular complexity index is 402. The van der Waals surface area contributed by atoms with Crippen LogP contribution in [0.15, 0.2) is 18.2 Å². The number of carbonyl (C=O) groups is 1. The SMILES string of the molecule is Cc1ccc(C(=O)NCC(N)=S)c(C)c1. The van der Waals surface area contributed by atoms with E-state index < -0.39 is 0 Å². The average molecular weight is 222 g/mol. The molecule has 0 saturated carbocycles. The lowest BCUT2D eigenvalue weighted by molar-refractivity contribution is 0.0959. The van der Waals surface area contributed by atoms with Gasteiger partial charge >= 0.3 is 0 Å². The Morgan fingerprint density at radius 3 is 2.67 bits per heavy atom. The third kappa shape index (κ3) is 3.32. The van der Waals surface area contributed by atoms with E-state index in [1.165, 1.54) is 0 Å². The van der Waals surface area contributed by atoms with Crippen LogP contribution in [0.1, 0.15) is 21.5 Å². The maximum atomic E-state index is 11.7. The van der Waals surface area contributed by atoms with Crippen molar-refractivity contribution in [1.29, 1.82) is 0 Å². The van der Waals surface area contributed by atoms with E-state index in [0.717, 1.165) is 11.1 Å². The Morgan fingerprint density at radius 1 is 1.47 bits per heavy atom. The van der Waals surface area contributed by atoms with Gasteiger partial charge in [-0.3, -0.25) is 4.79 Å². The van der Waals surface area contributed by atoms with Crippen LogP contribution < -0.4 is 11.1 Å². The molecule has 1 aromatic carbocycles. The van der Waals surface area contributed by atoms with Gasteiger partial charge in [-0.05, 0) is 25.5 Å². The fourth-order valence-electron chi connectivity index (χ4n) is 1.33. The van der Waals surface area contributed by atoms with Crippen LogP contribution in [0.25, 0.3) is 0 Å². The van der Waals surface area contributed by atoms with Gasteiger partial charge < -0.3 is 11.1 Å². The summed E-state index contributed by atoms with van der Waals surface area (Å²) in [4.78, 5) is 11.9. The summed E-state index contributed by atoms with van der Waals surface area (Å²) in [5.74, 6) is -0.139. The Labute approximate surface area is 94.7 Å². The first-order valence-corrected chi connectivity index (χ1v) is 5.05. The zero-order valence-electron chi connectivity index (χ0n) is 8.83. The minimum atomic E-state index is -0.139. The Kier molecular flexibility index (Phi) is 3.80. The third-order valence-corrected chi connectivity index (χ3v) is 2.19. The highest BCUT2D eigenvalue weighted by Gasteiger charge is 2.07. The molecule has 0 unspecified atom stereocenters. The molecule has 0 aromatic heterocycles. The smallest absolute Gasteiger partial charge is 0.251 e. The zero-order chi connectivity index (χ0) is 11.4. The number of rotatable bonds is 3. The summed E-state index contributed by atoms with van der Waals surface area (Å²) in [7, 11) is 0. The monoisotopic (exact) mass is 222 g/mol. The third-order valence-electron chi connectivity index (χ3n) is 2.05. The van der Waals surface area contributed by atoms with E-state index in [0.29, 0.717) is 5.56 Å². The molecular formula is C11H14N2OS. The predicted molar refractivity (Wildman–Crippen MR) is 65.0 cm³/mol. The first-order chi connectivity index (χ1) is 7.00. The van der Waals surface area contributed by atoms with Gasteiger partial charge in [0.05, 0.1) is 11.5 Å². The molecule has 0 aliphatic carbocycles. The second-order valence-electron chi connectivity index (χ2n) is 3.47. The topological polar surface area (TPSA) is 55.1 Å². The molecule has 0 bridgehead atoms. The van der Waals surface area contributed by atoms with Gasteiger partial charge in [-0.15, -0.1) is 0 Å². The summed E-state index contributed by atoms with van der Waals surface area (Å²) in [6.07, 6.45) is 0. The van der Waals surface area contributed by atoms with E-state index in [9.17, 15) is 4.79 Å². The lowest BCUT2D eigenvalue weighted by Gasteiger charge is -2.07. The normalized spacial score (nSPS) is 9.73. The summed E-state index contributed by atoms with van der Waals surface area (Å²) >= 11 is 4.68. The number of aryl methyl sites for hydroxylation is 2. The molecule has 1 rings (SSSR count). The average Bonchev–Trinajstić information content (AvgIpc) is 2.14. The fourth-order valence-corrected chi connectivity index (χ4v) is 1.40. The largest absolute Gasteiger partial charge is 0.392 e. The maximum Gasteiger partial charge on any atom is 0.251 e. The predicted octanol–water partition coefficient (Wildman–Crippen LogP) is 1.32. The summed E-state index contributed by atoms with van der Waals surface area (Å²) in [5, 5.41) is 2.65. The molecule has 80 valence electrons. The van der Waals surface area contributed by atoms with Crippen molar-refractivity contribution in [2.24, 2.45) is 5.73 Å². The minimum absolute atomic E-state index is 0.139. The van der Waals surface area contributed by atoms with Gasteiger partial charge in [0.15, 0.2) is 0 Å². The number of benzene rings is 1. The van der Waals surface area contributed by atoms with Gasteiger partial charge in [-0.25, -0.2) is 0 Å². The molecule has 1 aromatic rings. The van der Waals surface area contributed by atoms with Crippen molar-refractivity contribution >= 4 is 23.1 Å². The molecule has 0 aliphatic rings. The molecule has 4 heteroatoms. The zero-order valence-corrected chi connectivity index (χ0v) is 9.65. The van der Waals surface area contributed by atoms with Gasteiger partial charge in [-0.1, -0.05) is 29.9 Å². The first kappa shape index (κ1) is 11.7. The number of hydrogen-bond donors (Lipinski definition) is 2. The second-order valence-corrected chi connectivity index (χ2v) is 3.99. The highest BCUT2D eigenvalue weighted by molar-refractivity contribution is 7.80. The van der Waals surface area contributed by atoms with Crippen LogP contribution in [0.2, 0.25) is 0 Å². The molecule has 15 heavy (non-hydrogen) atoms. The summed E-state index contributed by atoms with van der Waals surface area (Å²) < 4.78 is 0. The number of nitrogens with one attached hydrogen (secondary N) is 1. The van der Waals surface area contributed by atoms with Gasteiger partial charge in [0.25, 0.3) is 5.91 Å². The Balaban J connectivity index is 2.78. The molecule has 0 radical (unpaired) electrons. The van der Waals surface area contributed by atoms with Crippen LogP contribution in [-0.2, 0) is 0 Å². The molecule has 0 fully saturated rings. The van der Waals surface area contributed by atoms with Crippen LogP contribution in [0, 0.1) is 13.8 Å². The van der Waals surface area contributed by atoms with Crippen molar-refractivity contribution in [3.8, 4) is 0 Å². The van der Waals surface area contributed by atoms with Gasteiger partial charge in [-0.2, -0.15) is 0 Å². The minimum Gasteiger partial charge on any atom is -0.392 e. The molecule has 0 atom stereocenters. The molecule has 0 spiro atoms. The molecule has 0 aliphatic heterocycles. The van der Waals surface area contributed by atoms with Crippen molar-refractivity contribution in [2.75, 3.05) is 6.54 Å². The summed E-state index contributed by atoms with van der Waals surface area (Å²) in [6, 6.07) is 5.68. The van der Waals surface area contributed by atoms with E-state index in [-0.39, 0.29) is 17.4 Å². The van der Waals surface area contributed by atoms with Crippen molar-refractivity contribution in [2.45, 2.75) is 13.8 Å². The van der Waals surface area contributed by atoms with Crippen molar-refractivity contribution in [3.63, 3.8) is 0 Å². The lowest BCUT2D eigenvalue weighted by Crippen LogP contribution is -2.32.